The van der Waals surface area contributed by atoms with Crippen molar-refractivity contribution in [1.29, 1.82) is 0 Å². The summed E-state index contributed by atoms with van der Waals surface area (Å²) in [7, 11) is 0. The van der Waals surface area contributed by atoms with E-state index < -0.39 is 5.91 Å². The third-order valence-corrected chi connectivity index (χ3v) is 3.24. The van der Waals surface area contributed by atoms with Gasteiger partial charge in [-0.2, -0.15) is 5.10 Å². The standard InChI is InChI=1S/C18H23N3O4/c1-3-5-6-11-24-15-9-7-14(8-10-15)12-20-21-17(22)18-19-13-16(25-18)23-4-2/h7-10,12-13H,3-6,11H2,1-2H3,(H,21,22). The van der Waals surface area contributed by atoms with Gasteiger partial charge in [-0.05, 0) is 43.2 Å². The summed E-state index contributed by atoms with van der Waals surface area (Å²) >= 11 is 0. The Morgan fingerprint density at radius 1 is 1.24 bits per heavy atom. The van der Waals surface area contributed by atoms with E-state index in [0.717, 1.165) is 24.3 Å². The SMILES string of the molecule is CCCCCOc1ccc(C=NNC(=O)c2ncc(OCC)o2)cc1. The molecule has 0 unspecified atom stereocenters. The second-order valence-electron chi connectivity index (χ2n) is 5.24. The number of ether oxygens (including phenoxy) is 2. The van der Waals surface area contributed by atoms with Crippen LogP contribution in [0.25, 0.3) is 0 Å². The molecule has 0 atom stereocenters. The number of hydrazone groups is 1. The van der Waals surface area contributed by atoms with Crippen LogP contribution in [0.2, 0.25) is 0 Å². The van der Waals surface area contributed by atoms with Gasteiger partial charge in [-0.3, -0.25) is 4.79 Å². The van der Waals surface area contributed by atoms with Gasteiger partial charge in [0.2, 0.25) is 0 Å². The highest BCUT2D eigenvalue weighted by molar-refractivity contribution is 5.90. The topological polar surface area (TPSA) is 86.0 Å². The maximum Gasteiger partial charge on any atom is 0.327 e. The van der Waals surface area contributed by atoms with Gasteiger partial charge in [0.15, 0.2) is 0 Å². The van der Waals surface area contributed by atoms with Gasteiger partial charge >= 0.3 is 11.9 Å². The lowest BCUT2D eigenvalue weighted by molar-refractivity contribution is 0.0912. The highest BCUT2D eigenvalue weighted by atomic mass is 16.6. The molecule has 25 heavy (non-hydrogen) atoms. The molecule has 0 radical (unpaired) electrons. The zero-order valence-electron chi connectivity index (χ0n) is 14.5. The molecule has 0 bridgehead atoms. The maximum atomic E-state index is 11.8. The van der Waals surface area contributed by atoms with E-state index in [1.807, 2.05) is 31.2 Å². The first-order valence-corrected chi connectivity index (χ1v) is 8.37. The number of benzene rings is 1. The highest BCUT2D eigenvalue weighted by Gasteiger charge is 2.12. The molecule has 0 saturated carbocycles. The van der Waals surface area contributed by atoms with Crippen molar-refractivity contribution in [2.24, 2.45) is 5.10 Å². The summed E-state index contributed by atoms with van der Waals surface area (Å²) in [5.41, 5.74) is 3.19. The number of carbonyl (C=O) groups excluding carboxylic acids is 1. The molecule has 134 valence electrons. The predicted octanol–water partition coefficient (Wildman–Crippen LogP) is 3.41. The summed E-state index contributed by atoms with van der Waals surface area (Å²) in [6, 6.07) is 7.47. The molecule has 0 saturated heterocycles. The summed E-state index contributed by atoms with van der Waals surface area (Å²) in [6.07, 6.45) is 6.27. The number of oxazole rings is 1. The minimum Gasteiger partial charge on any atom is -0.494 e. The van der Waals surface area contributed by atoms with E-state index in [2.05, 4.69) is 22.4 Å². The number of nitrogens with zero attached hydrogens (tertiary/aromatic N) is 2. The number of amides is 1. The van der Waals surface area contributed by atoms with Crippen molar-refractivity contribution in [3.8, 4) is 11.7 Å². The van der Waals surface area contributed by atoms with E-state index in [4.69, 9.17) is 13.9 Å². The van der Waals surface area contributed by atoms with Crippen molar-refractivity contribution in [3.63, 3.8) is 0 Å². The number of hydrogen-bond donors (Lipinski definition) is 1. The number of hydrogen-bond acceptors (Lipinski definition) is 6. The van der Waals surface area contributed by atoms with Crippen molar-refractivity contribution < 1.29 is 18.7 Å². The molecular formula is C18H23N3O4. The third-order valence-electron chi connectivity index (χ3n) is 3.24. The van der Waals surface area contributed by atoms with Crippen LogP contribution in [-0.2, 0) is 0 Å². The smallest absolute Gasteiger partial charge is 0.327 e. The Labute approximate surface area is 147 Å². The fourth-order valence-corrected chi connectivity index (χ4v) is 1.98. The quantitative estimate of drug-likeness (QED) is 0.405. The first-order valence-electron chi connectivity index (χ1n) is 8.37. The maximum absolute atomic E-state index is 11.8. The summed E-state index contributed by atoms with van der Waals surface area (Å²) < 4.78 is 15.9. The van der Waals surface area contributed by atoms with Gasteiger partial charge in [0.25, 0.3) is 5.89 Å². The molecule has 0 aliphatic heterocycles. The molecule has 0 aliphatic carbocycles. The lowest BCUT2D eigenvalue weighted by Crippen LogP contribution is -2.17. The third kappa shape index (κ3) is 6.29. The second-order valence-corrected chi connectivity index (χ2v) is 5.24. The first kappa shape index (κ1) is 18.5. The van der Waals surface area contributed by atoms with E-state index in [1.54, 1.807) is 0 Å². The van der Waals surface area contributed by atoms with Crippen LogP contribution in [0.15, 0.2) is 40.0 Å². The van der Waals surface area contributed by atoms with Gasteiger partial charge in [0.1, 0.15) is 11.9 Å². The zero-order chi connectivity index (χ0) is 17.9. The van der Waals surface area contributed by atoms with Crippen molar-refractivity contribution in [2.45, 2.75) is 33.1 Å². The fourth-order valence-electron chi connectivity index (χ4n) is 1.98. The van der Waals surface area contributed by atoms with E-state index in [-0.39, 0.29) is 11.8 Å². The van der Waals surface area contributed by atoms with Gasteiger partial charge in [-0.25, -0.2) is 10.4 Å². The van der Waals surface area contributed by atoms with Crippen LogP contribution >= 0.6 is 0 Å². The Bertz CT molecular complexity index is 680. The molecular weight excluding hydrogens is 322 g/mol. The summed E-state index contributed by atoms with van der Waals surface area (Å²) in [4.78, 5) is 15.6. The molecule has 1 heterocycles. The molecule has 1 N–H and O–H groups in total. The monoisotopic (exact) mass is 345 g/mol. The molecule has 0 aliphatic rings. The van der Waals surface area contributed by atoms with E-state index in [9.17, 15) is 4.79 Å². The van der Waals surface area contributed by atoms with Gasteiger partial charge in [0, 0.05) is 0 Å². The van der Waals surface area contributed by atoms with E-state index >= 15 is 0 Å². The molecule has 2 aromatic rings. The van der Waals surface area contributed by atoms with Gasteiger partial charge in [-0.15, -0.1) is 0 Å². The largest absolute Gasteiger partial charge is 0.494 e. The molecule has 1 aromatic carbocycles. The van der Waals surface area contributed by atoms with Gasteiger partial charge < -0.3 is 13.9 Å². The number of rotatable bonds is 10. The number of unbranched alkanes of at least 4 members (excludes halogenated alkanes) is 2. The Hall–Kier alpha value is -2.83. The Morgan fingerprint density at radius 2 is 2.04 bits per heavy atom. The molecule has 2 rings (SSSR count). The lowest BCUT2D eigenvalue weighted by Gasteiger charge is -2.05. The summed E-state index contributed by atoms with van der Waals surface area (Å²) in [6.45, 7) is 5.13. The zero-order valence-corrected chi connectivity index (χ0v) is 14.5. The lowest BCUT2D eigenvalue weighted by atomic mass is 10.2. The van der Waals surface area contributed by atoms with Gasteiger partial charge in [-0.1, -0.05) is 19.8 Å². The minimum absolute atomic E-state index is 0.101. The first-order chi connectivity index (χ1) is 12.2. The number of carbonyl (C=O) groups is 1. The molecule has 0 fully saturated rings. The Kier molecular flexibility index (Phi) is 7.49. The van der Waals surface area contributed by atoms with Crippen LogP contribution in [0, 0.1) is 0 Å². The normalized spacial score (nSPS) is 10.8. The van der Waals surface area contributed by atoms with Crippen molar-refractivity contribution in [2.75, 3.05) is 13.2 Å². The molecule has 1 amide bonds. The highest BCUT2D eigenvalue weighted by Crippen LogP contribution is 2.13. The fraction of sp³-hybridized carbons (Fsp3) is 0.389. The predicted molar refractivity (Wildman–Crippen MR) is 94.2 cm³/mol. The van der Waals surface area contributed by atoms with Crippen LogP contribution in [0.3, 0.4) is 0 Å². The molecule has 0 spiro atoms. The molecule has 1 aromatic heterocycles. The Balaban J connectivity index is 1.79. The van der Waals surface area contributed by atoms with E-state index in [1.165, 1.54) is 25.3 Å². The minimum atomic E-state index is -0.543. The number of nitrogens with one attached hydrogen (secondary N) is 1. The molecule has 7 nitrogen and oxygen atoms in total. The Morgan fingerprint density at radius 3 is 2.76 bits per heavy atom. The van der Waals surface area contributed by atoms with E-state index in [0.29, 0.717) is 6.61 Å². The average Bonchev–Trinajstić information content (AvgIpc) is 3.09. The number of aromatic nitrogens is 1. The van der Waals surface area contributed by atoms with Crippen LogP contribution in [0.1, 0.15) is 49.4 Å². The van der Waals surface area contributed by atoms with Crippen molar-refractivity contribution in [1.82, 2.24) is 10.4 Å². The molecule has 7 heteroatoms. The summed E-state index contributed by atoms with van der Waals surface area (Å²) in [5.74, 6) is 0.376. The van der Waals surface area contributed by atoms with Crippen molar-refractivity contribution >= 4 is 12.1 Å². The average molecular weight is 345 g/mol. The summed E-state index contributed by atoms with van der Waals surface area (Å²) in [5, 5.41) is 3.88. The van der Waals surface area contributed by atoms with Crippen LogP contribution < -0.4 is 14.9 Å². The second kappa shape index (κ2) is 10.1. The van der Waals surface area contributed by atoms with Crippen LogP contribution in [0.5, 0.6) is 11.7 Å². The van der Waals surface area contributed by atoms with Gasteiger partial charge in [0.05, 0.1) is 19.4 Å². The van der Waals surface area contributed by atoms with Crippen LogP contribution in [0.4, 0.5) is 0 Å². The van der Waals surface area contributed by atoms with Crippen LogP contribution in [-0.4, -0.2) is 30.3 Å². The van der Waals surface area contributed by atoms with Crippen molar-refractivity contribution in [3.05, 3.63) is 41.9 Å².